The molecule has 0 aliphatic carbocycles. The Morgan fingerprint density at radius 1 is 1.32 bits per heavy atom. The molecule has 0 aliphatic heterocycles. The molecule has 0 unspecified atom stereocenters. The molecular formula is C18H22N6O. The standard InChI is InChI=1S/C18H22N6O/c1-13(11-24-15(3)8-14(2)22-24)9-21-18(25)16-4-5-17(20-10-16)23-7-6-19-12-23/h4-8,10,12-13H,9,11H2,1-3H3,(H,21,25)/t13-/m0/s1. The van der Waals surface area contributed by atoms with Crippen LogP contribution >= 0.6 is 0 Å². The first-order valence-corrected chi connectivity index (χ1v) is 8.26. The third kappa shape index (κ3) is 4.12. The van der Waals surface area contributed by atoms with Crippen LogP contribution in [-0.2, 0) is 6.54 Å². The van der Waals surface area contributed by atoms with Gasteiger partial charge in [-0.1, -0.05) is 6.92 Å². The number of aromatic nitrogens is 5. The summed E-state index contributed by atoms with van der Waals surface area (Å²) >= 11 is 0. The van der Waals surface area contributed by atoms with Gasteiger partial charge in [-0.05, 0) is 38.0 Å². The van der Waals surface area contributed by atoms with E-state index < -0.39 is 0 Å². The molecule has 0 fully saturated rings. The molecule has 130 valence electrons. The van der Waals surface area contributed by atoms with Crippen LogP contribution in [0.1, 0.15) is 28.7 Å². The van der Waals surface area contributed by atoms with E-state index in [-0.39, 0.29) is 11.8 Å². The first-order valence-electron chi connectivity index (χ1n) is 8.26. The Morgan fingerprint density at radius 2 is 2.16 bits per heavy atom. The lowest BCUT2D eigenvalue weighted by molar-refractivity contribution is 0.0946. The van der Waals surface area contributed by atoms with Gasteiger partial charge < -0.3 is 5.32 Å². The van der Waals surface area contributed by atoms with Crippen LogP contribution in [0.5, 0.6) is 0 Å². The zero-order chi connectivity index (χ0) is 17.8. The molecule has 3 aromatic rings. The van der Waals surface area contributed by atoms with Crippen LogP contribution in [0.15, 0.2) is 43.1 Å². The molecule has 3 rings (SSSR count). The molecule has 0 aromatic carbocycles. The number of amides is 1. The van der Waals surface area contributed by atoms with Gasteiger partial charge in [0.05, 0.1) is 11.3 Å². The molecule has 3 aromatic heterocycles. The molecule has 7 nitrogen and oxygen atoms in total. The van der Waals surface area contributed by atoms with Crippen molar-refractivity contribution in [3.63, 3.8) is 0 Å². The zero-order valence-electron chi connectivity index (χ0n) is 14.7. The second kappa shape index (κ2) is 7.29. The Kier molecular flexibility index (Phi) is 4.92. The first-order chi connectivity index (χ1) is 12.0. The highest BCUT2D eigenvalue weighted by atomic mass is 16.1. The summed E-state index contributed by atoms with van der Waals surface area (Å²) in [6, 6.07) is 5.62. The van der Waals surface area contributed by atoms with Crippen LogP contribution in [0.3, 0.4) is 0 Å². The average Bonchev–Trinajstić information content (AvgIpc) is 3.23. The molecular weight excluding hydrogens is 316 g/mol. The van der Waals surface area contributed by atoms with Crippen molar-refractivity contribution in [3.8, 4) is 5.82 Å². The number of aryl methyl sites for hydroxylation is 2. The number of carbonyl (C=O) groups excluding carboxylic acids is 1. The van der Waals surface area contributed by atoms with Gasteiger partial charge in [0, 0.05) is 37.4 Å². The molecule has 25 heavy (non-hydrogen) atoms. The monoisotopic (exact) mass is 338 g/mol. The van der Waals surface area contributed by atoms with Crippen LogP contribution in [0.4, 0.5) is 0 Å². The maximum atomic E-state index is 12.3. The van der Waals surface area contributed by atoms with Crippen LogP contribution in [-0.4, -0.2) is 36.8 Å². The van der Waals surface area contributed by atoms with Gasteiger partial charge in [0.2, 0.25) is 0 Å². The topological polar surface area (TPSA) is 77.6 Å². The second-order valence-corrected chi connectivity index (χ2v) is 6.30. The number of pyridine rings is 1. The van der Waals surface area contributed by atoms with Crippen LogP contribution in [0.25, 0.3) is 5.82 Å². The van der Waals surface area contributed by atoms with Crippen molar-refractivity contribution in [1.29, 1.82) is 0 Å². The Labute approximate surface area is 146 Å². The van der Waals surface area contributed by atoms with E-state index in [1.807, 2.05) is 24.7 Å². The fraction of sp³-hybridized carbons (Fsp3) is 0.333. The van der Waals surface area contributed by atoms with Crippen molar-refractivity contribution in [2.45, 2.75) is 27.3 Å². The molecule has 1 atom stereocenters. The number of hydrogen-bond donors (Lipinski definition) is 1. The Bertz CT molecular complexity index is 835. The van der Waals surface area contributed by atoms with Gasteiger partial charge in [-0.25, -0.2) is 9.97 Å². The van der Waals surface area contributed by atoms with Gasteiger partial charge in [-0.15, -0.1) is 0 Å². The van der Waals surface area contributed by atoms with Crippen molar-refractivity contribution in [2.75, 3.05) is 6.54 Å². The molecule has 7 heteroatoms. The summed E-state index contributed by atoms with van der Waals surface area (Å²) in [5.41, 5.74) is 2.69. The minimum absolute atomic E-state index is 0.120. The summed E-state index contributed by atoms with van der Waals surface area (Å²) in [6.45, 7) is 7.48. The largest absolute Gasteiger partial charge is 0.352 e. The lowest BCUT2D eigenvalue weighted by Gasteiger charge is -2.14. The van der Waals surface area contributed by atoms with E-state index in [1.54, 1.807) is 35.4 Å². The predicted octanol–water partition coefficient (Wildman–Crippen LogP) is 2.15. The molecule has 0 aliphatic rings. The number of rotatable bonds is 6. The summed E-state index contributed by atoms with van der Waals surface area (Å²) in [4.78, 5) is 20.6. The van der Waals surface area contributed by atoms with Gasteiger partial charge in [0.15, 0.2) is 0 Å². The van der Waals surface area contributed by atoms with Gasteiger partial charge in [0.1, 0.15) is 12.1 Å². The van der Waals surface area contributed by atoms with Crippen molar-refractivity contribution in [3.05, 3.63) is 60.1 Å². The zero-order valence-corrected chi connectivity index (χ0v) is 14.7. The van der Waals surface area contributed by atoms with Gasteiger partial charge in [-0.2, -0.15) is 5.10 Å². The fourth-order valence-corrected chi connectivity index (χ4v) is 2.66. The second-order valence-electron chi connectivity index (χ2n) is 6.30. The number of imidazole rings is 1. The maximum absolute atomic E-state index is 12.3. The van der Waals surface area contributed by atoms with E-state index >= 15 is 0 Å². The van der Waals surface area contributed by atoms with Crippen molar-refractivity contribution >= 4 is 5.91 Å². The molecule has 0 radical (unpaired) electrons. The van der Waals surface area contributed by atoms with E-state index in [0.717, 1.165) is 23.8 Å². The number of carbonyl (C=O) groups is 1. The average molecular weight is 338 g/mol. The molecule has 0 saturated heterocycles. The molecule has 1 amide bonds. The van der Waals surface area contributed by atoms with Gasteiger partial charge in [0.25, 0.3) is 5.91 Å². The lowest BCUT2D eigenvalue weighted by Crippen LogP contribution is -2.30. The third-order valence-electron chi connectivity index (χ3n) is 3.98. The highest BCUT2D eigenvalue weighted by molar-refractivity contribution is 5.93. The molecule has 0 bridgehead atoms. The quantitative estimate of drug-likeness (QED) is 0.747. The Balaban J connectivity index is 1.54. The SMILES string of the molecule is Cc1cc(C)n(C[C@@H](C)CNC(=O)c2ccc(-n3ccnc3)nc2)n1. The van der Waals surface area contributed by atoms with E-state index in [4.69, 9.17) is 0 Å². The van der Waals surface area contributed by atoms with E-state index in [2.05, 4.69) is 33.4 Å². The van der Waals surface area contributed by atoms with Crippen molar-refractivity contribution in [1.82, 2.24) is 29.6 Å². The Hall–Kier alpha value is -2.96. The minimum atomic E-state index is -0.120. The molecule has 1 N–H and O–H groups in total. The summed E-state index contributed by atoms with van der Waals surface area (Å²) in [5.74, 6) is 0.886. The van der Waals surface area contributed by atoms with Crippen molar-refractivity contribution in [2.24, 2.45) is 5.92 Å². The van der Waals surface area contributed by atoms with E-state index in [1.165, 1.54) is 0 Å². The van der Waals surface area contributed by atoms with Crippen molar-refractivity contribution < 1.29 is 4.79 Å². The summed E-state index contributed by atoms with van der Waals surface area (Å²) in [6.07, 6.45) is 6.74. The first kappa shape index (κ1) is 16.9. The highest BCUT2D eigenvalue weighted by Gasteiger charge is 2.11. The van der Waals surface area contributed by atoms with Gasteiger partial charge in [-0.3, -0.25) is 14.0 Å². The van der Waals surface area contributed by atoms with Crippen LogP contribution in [0.2, 0.25) is 0 Å². The Morgan fingerprint density at radius 3 is 2.76 bits per heavy atom. The number of nitrogens with one attached hydrogen (secondary N) is 1. The molecule has 0 saturated carbocycles. The smallest absolute Gasteiger partial charge is 0.252 e. The van der Waals surface area contributed by atoms with E-state index in [0.29, 0.717) is 12.1 Å². The predicted molar refractivity (Wildman–Crippen MR) is 94.6 cm³/mol. The summed E-state index contributed by atoms with van der Waals surface area (Å²) in [5, 5.41) is 7.42. The third-order valence-corrected chi connectivity index (χ3v) is 3.98. The lowest BCUT2D eigenvalue weighted by atomic mass is 10.1. The van der Waals surface area contributed by atoms with Crippen LogP contribution < -0.4 is 5.32 Å². The van der Waals surface area contributed by atoms with Crippen LogP contribution in [0, 0.1) is 19.8 Å². The number of nitrogens with zero attached hydrogens (tertiary/aromatic N) is 5. The normalized spacial score (nSPS) is 12.1. The van der Waals surface area contributed by atoms with Gasteiger partial charge >= 0.3 is 0 Å². The highest BCUT2D eigenvalue weighted by Crippen LogP contribution is 2.08. The maximum Gasteiger partial charge on any atom is 0.252 e. The summed E-state index contributed by atoms with van der Waals surface area (Å²) in [7, 11) is 0. The fourth-order valence-electron chi connectivity index (χ4n) is 2.66. The molecule has 3 heterocycles. The number of hydrogen-bond acceptors (Lipinski definition) is 4. The summed E-state index contributed by atoms with van der Waals surface area (Å²) < 4.78 is 3.77. The van der Waals surface area contributed by atoms with E-state index in [9.17, 15) is 4.79 Å². The minimum Gasteiger partial charge on any atom is -0.352 e. The molecule has 0 spiro atoms.